The summed E-state index contributed by atoms with van der Waals surface area (Å²) in [7, 11) is 1.57. The first kappa shape index (κ1) is 17.8. The molecular formula is C17H16FN5O2S2. The number of fused-ring (bicyclic) bond motifs is 1. The molecule has 0 unspecified atom stereocenters. The van der Waals surface area contributed by atoms with Crippen molar-refractivity contribution in [1.29, 1.82) is 0 Å². The van der Waals surface area contributed by atoms with Gasteiger partial charge in [0.1, 0.15) is 5.82 Å². The molecule has 1 saturated heterocycles. The zero-order chi connectivity index (χ0) is 19.0. The monoisotopic (exact) mass is 405 g/mol. The SMILES string of the molecule is CNC(=O)Cc1csc(NC(=O)C2CN(c3nc4ccc(F)cc4s3)C2)n1. The van der Waals surface area contributed by atoms with Gasteiger partial charge in [-0.1, -0.05) is 11.3 Å². The fraction of sp³-hybridized carbons (Fsp3) is 0.294. The molecule has 2 aromatic heterocycles. The molecule has 0 spiro atoms. The normalized spacial score (nSPS) is 14.2. The number of halogens is 1. The van der Waals surface area contributed by atoms with E-state index in [1.807, 2.05) is 4.90 Å². The maximum Gasteiger partial charge on any atom is 0.232 e. The van der Waals surface area contributed by atoms with Crippen molar-refractivity contribution in [1.82, 2.24) is 15.3 Å². The number of benzene rings is 1. The van der Waals surface area contributed by atoms with Crippen molar-refractivity contribution in [2.45, 2.75) is 6.42 Å². The summed E-state index contributed by atoms with van der Waals surface area (Å²) in [5.74, 6) is -0.652. The summed E-state index contributed by atoms with van der Waals surface area (Å²) in [6, 6.07) is 4.53. The molecule has 10 heteroatoms. The van der Waals surface area contributed by atoms with Gasteiger partial charge in [0.25, 0.3) is 0 Å². The van der Waals surface area contributed by atoms with Gasteiger partial charge < -0.3 is 15.5 Å². The molecule has 4 rings (SSSR count). The van der Waals surface area contributed by atoms with Crippen molar-refractivity contribution in [3.8, 4) is 0 Å². The zero-order valence-corrected chi connectivity index (χ0v) is 16.0. The Hall–Kier alpha value is -2.59. The highest BCUT2D eigenvalue weighted by Crippen LogP contribution is 2.33. The van der Waals surface area contributed by atoms with Crippen LogP contribution in [0.25, 0.3) is 10.2 Å². The second kappa shape index (κ2) is 7.20. The van der Waals surface area contributed by atoms with Crippen molar-refractivity contribution in [3.05, 3.63) is 35.1 Å². The van der Waals surface area contributed by atoms with Crippen LogP contribution in [0.15, 0.2) is 23.6 Å². The van der Waals surface area contributed by atoms with Crippen molar-refractivity contribution >= 4 is 55.0 Å². The van der Waals surface area contributed by atoms with E-state index in [1.165, 1.54) is 34.8 Å². The van der Waals surface area contributed by atoms with Crippen LogP contribution in [0.3, 0.4) is 0 Å². The number of anilines is 2. The molecule has 140 valence electrons. The number of rotatable bonds is 5. The summed E-state index contributed by atoms with van der Waals surface area (Å²) in [5, 5.41) is 8.39. The molecule has 7 nitrogen and oxygen atoms in total. The number of carbonyl (C=O) groups is 2. The fourth-order valence-electron chi connectivity index (χ4n) is 2.73. The van der Waals surface area contributed by atoms with E-state index >= 15 is 0 Å². The summed E-state index contributed by atoms with van der Waals surface area (Å²) >= 11 is 2.72. The van der Waals surface area contributed by atoms with Crippen molar-refractivity contribution in [2.24, 2.45) is 5.92 Å². The summed E-state index contributed by atoms with van der Waals surface area (Å²) < 4.78 is 14.1. The number of nitrogens with zero attached hydrogens (tertiary/aromatic N) is 3. The topological polar surface area (TPSA) is 87.2 Å². The molecule has 2 N–H and O–H groups in total. The van der Waals surface area contributed by atoms with Crippen LogP contribution in [-0.2, 0) is 16.0 Å². The molecule has 3 heterocycles. The third-order valence-corrected chi connectivity index (χ3v) is 6.15. The first-order valence-corrected chi connectivity index (χ1v) is 9.98. The highest BCUT2D eigenvalue weighted by molar-refractivity contribution is 7.22. The molecule has 0 atom stereocenters. The van der Waals surface area contributed by atoms with Gasteiger partial charge in [-0.2, -0.15) is 0 Å². The Balaban J connectivity index is 1.33. The quantitative estimate of drug-likeness (QED) is 0.680. The van der Waals surface area contributed by atoms with Gasteiger partial charge in [0, 0.05) is 25.5 Å². The first-order valence-electron chi connectivity index (χ1n) is 8.28. The molecule has 1 aromatic carbocycles. The van der Waals surface area contributed by atoms with E-state index in [1.54, 1.807) is 18.5 Å². The minimum atomic E-state index is -0.280. The average Bonchev–Trinajstić information content (AvgIpc) is 3.19. The minimum Gasteiger partial charge on any atom is -0.359 e. The van der Waals surface area contributed by atoms with Gasteiger partial charge >= 0.3 is 0 Å². The Morgan fingerprint density at radius 1 is 1.33 bits per heavy atom. The largest absolute Gasteiger partial charge is 0.359 e. The lowest BCUT2D eigenvalue weighted by atomic mass is 10.0. The van der Waals surface area contributed by atoms with Crippen LogP contribution >= 0.6 is 22.7 Å². The molecule has 1 aliphatic rings. The van der Waals surface area contributed by atoms with Gasteiger partial charge in [-0.15, -0.1) is 11.3 Å². The highest BCUT2D eigenvalue weighted by atomic mass is 32.1. The third kappa shape index (κ3) is 3.76. The smallest absolute Gasteiger partial charge is 0.232 e. The number of nitrogens with one attached hydrogen (secondary N) is 2. The molecule has 0 bridgehead atoms. The Morgan fingerprint density at radius 3 is 2.93 bits per heavy atom. The molecule has 1 fully saturated rings. The fourth-order valence-corrected chi connectivity index (χ4v) is 4.45. The number of hydrogen-bond acceptors (Lipinski definition) is 7. The lowest BCUT2D eigenvalue weighted by Gasteiger charge is -2.37. The Bertz CT molecular complexity index is 1010. The van der Waals surface area contributed by atoms with E-state index in [0.717, 1.165) is 15.3 Å². The molecule has 0 aliphatic carbocycles. The van der Waals surface area contributed by atoms with Gasteiger partial charge in [-0.05, 0) is 18.2 Å². The molecule has 27 heavy (non-hydrogen) atoms. The minimum absolute atomic E-state index is 0.0979. The van der Waals surface area contributed by atoms with E-state index in [4.69, 9.17) is 0 Å². The number of thiazole rings is 2. The predicted molar refractivity (Wildman–Crippen MR) is 104 cm³/mol. The van der Waals surface area contributed by atoms with Gasteiger partial charge in [0.05, 0.1) is 28.2 Å². The van der Waals surface area contributed by atoms with Gasteiger partial charge in [-0.25, -0.2) is 14.4 Å². The number of amides is 2. The van der Waals surface area contributed by atoms with E-state index in [2.05, 4.69) is 20.6 Å². The second-order valence-electron chi connectivity index (χ2n) is 6.19. The summed E-state index contributed by atoms with van der Waals surface area (Å²) in [6.45, 7) is 1.12. The van der Waals surface area contributed by atoms with Crippen LogP contribution < -0.4 is 15.5 Å². The molecule has 2 amide bonds. The van der Waals surface area contributed by atoms with Gasteiger partial charge in [0.15, 0.2) is 10.3 Å². The number of hydrogen-bond donors (Lipinski definition) is 2. The molecule has 3 aromatic rings. The van der Waals surface area contributed by atoms with Gasteiger partial charge in [-0.3, -0.25) is 9.59 Å². The maximum absolute atomic E-state index is 13.3. The van der Waals surface area contributed by atoms with Crippen LogP contribution in [0.2, 0.25) is 0 Å². The van der Waals surface area contributed by atoms with Crippen molar-refractivity contribution in [2.75, 3.05) is 30.4 Å². The molecule has 0 radical (unpaired) electrons. The Morgan fingerprint density at radius 2 is 2.15 bits per heavy atom. The summed E-state index contributed by atoms with van der Waals surface area (Å²) in [4.78, 5) is 34.5. The lowest BCUT2D eigenvalue weighted by Crippen LogP contribution is -2.52. The first-order chi connectivity index (χ1) is 13.0. The average molecular weight is 405 g/mol. The van der Waals surface area contributed by atoms with Crippen LogP contribution in [0.4, 0.5) is 14.7 Å². The van der Waals surface area contributed by atoms with Crippen molar-refractivity contribution in [3.63, 3.8) is 0 Å². The summed E-state index contributed by atoms with van der Waals surface area (Å²) in [6.07, 6.45) is 0.193. The zero-order valence-electron chi connectivity index (χ0n) is 14.4. The van der Waals surface area contributed by atoms with E-state index < -0.39 is 0 Å². The van der Waals surface area contributed by atoms with Crippen LogP contribution in [0.5, 0.6) is 0 Å². The predicted octanol–water partition coefficient (Wildman–Crippen LogP) is 2.26. The molecular weight excluding hydrogens is 389 g/mol. The third-order valence-electron chi connectivity index (χ3n) is 4.26. The number of likely N-dealkylation sites (N-methyl/N-ethyl adjacent to an activating group) is 1. The Kier molecular flexibility index (Phi) is 4.75. The van der Waals surface area contributed by atoms with E-state index in [-0.39, 0.29) is 30.0 Å². The number of carbonyl (C=O) groups excluding carboxylic acids is 2. The maximum atomic E-state index is 13.3. The number of aromatic nitrogens is 2. The Labute approximate surface area is 162 Å². The molecule has 0 saturated carbocycles. The van der Waals surface area contributed by atoms with Crippen LogP contribution in [0, 0.1) is 11.7 Å². The van der Waals surface area contributed by atoms with Gasteiger partial charge in [0.2, 0.25) is 11.8 Å². The van der Waals surface area contributed by atoms with Crippen molar-refractivity contribution < 1.29 is 14.0 Å². The van der Waals surface area contributed by atoms with Crippen LogP contribution in [-0.4, -0.2) is 41.9 Å². The summed E-state index contributed by atoms with van der Waals surface area (Å²) in [5.41, 5.74) is 1.39. The second-order valence-corrected chi connectivity index (χ2v) is 8.06. The van der Waals surface area contributed by atoms with E-state index in [9.17, 15) is 14.0 Å². The highest BCUT2D eigenvalue weighted by Gasteiger charge is 2.34. The lowest BCUT2D eigenvalue weighted by molar-refractivity contribution is -0.121. The molecule has 1 aliphatic heterocycles. The van der Waals surface area contributed by atoms with E-state index in [0.29, 0.717) is 23.9 Å². The van der Waals surface area contributed by atoms with Crippen LogP contribution in [0.1, 0.15) is 5.69 Å². The standard InChI is InChI=1S/C17H16FN5O2S2/c1-19-14(24)5-11-8-26-16(20-11)22-15(25)9-6-23(7-9)17-21-12-3-2-10(18)4-13(12)27-17/h2-4,8-9H,5-7H2,1H3,(H,19,24)(H,20,22,25).